The third-order valence-corrected chi connectivity index (χ3v) is 4.20. The van der Waals surface area contributed by atoms with Crippen molar-refractivity contribution in [3.8, 4) is 0 Å². The van der Waals surface area contributed by atoms with Gasteiger partial charge in [0.2, 0.25) is 0 Å². The Bertz CT molecular complexity index is 178. The number of hydrogen-bond donors (Lipinski definition) is 1. The molecule has 0 aromatic heterocycles. The van der Waals surface area contributed by atoms with Crippen molar-refractivity contribution in [1.29, 1.82) is 0 Å². The fourth-order valence-electron chi connectivity index (χ4n) is 3.18. The predicted octanol–water partition coefficient (Wildman–Crippen LogP) is 1.89. The van der Waals surface area contributed by atoms with Gasteiger partial charge in [-0.15, -0.1) is 0 Å². The van der Waals surface area contributed by atoms with Gasteiger partial charge in [0, 0.05) is 26.2 Å². The SMILES string of the molecule is CCCCC(N1CCCCC1)N1CCNCC1. The molecule has 0 aromatic rings. The highest BCUT2D eigenvalue weighted by Crippen LogP contribution is 2.19. The Balaban J connectivity index is 1.90. The minimum absolute atomic E-state index is 0.734. The minimum atomic E-state index is 0.734. The number of piperazine rings is 1. The van der Waals surface area contributed by atoms with Crippen LogP contribution in [-0.2, 0) is 0 Å². The van der Waals surface area contributed by atoms with Crippen molar-refractivity contribution in [2.24, 2.45) is 0 Å². The molecule has 17 heavy (non-hydrogen) atoms. The Hall–Kier alpha value is -0.120. The molecule has 1 N–H and O–H groups in total. The summed E-state index contributed by atoms with van der Waals surface area (Å²) in [5.41, 5.74) is 0. The van der Waals surface area contributed by atoms with Gasteiger partial charge in [-0.3, -0.25) is 9.80 Å². The molecule has 2 aliphatic heterocycles. The summed E-state index contributed by atoms with van der Waals surface area (Å²) in [6.07, 6.45) is 9.08. The monoisotopic (exact) mass is 239 g/mol. The van der Waals surface area contributed by atoms with Gasteiger partial charge in [0.25, 0.3) is 0 Å². The standard InChI is InChI=1S/C14H29N3/c1-2-3-7-14(16-10-5-4-6-11-16)17-12-8-15-9-13-17/h14-15H,2-13H2,1H3. The topological polar surface area (TPSA) is 18.5 Å². The molecule has 2 fully saturated rings. The normalized spacial score (nSPS) is 25.9. The highest BCUT2D eigenvalue weighted by Gasteiger charge is 2.26. The van der Waals surface area contributed by atoms with Crippen LogP contribution in [0, 0.1) is 0 Å². The maximum Gasteiger partial charge on any atom is 0.0623 e. The van der Waals surface area contributed by atoms with Crippen molar-refractivity contribution in [2.75, 3.05) is 39.3 Å². The summed E-state index contributed by atoms with van der Waals surface area (Å²) >= 11 is 0. The zero-order valence-corrected chi connectivity index (χ0v) is 11.5. The number of likely N-dealkylation sites (tertiary alicyclic amines) is 1. The van der Waals surface area contributed by atoms with Crippen molar-refractivity contribution in [3.05, 3.63) is 0 Å². The Labute approximate surface area is 107 Å². The van der Waals surface area contributed by atoms with E-state index in [9.17, 15) is 0 Å². The molecule has 2 saturated heterocycles. The molecule has 0 radical (unpaired) electrons. The van der Waals surface area contributed by atoms with E-state index >= 15 is 0 Å². The fraction of sp³-hybridized carbons (Fsp3) is 1.00. The summed E-state index contributed by atoms with van der Waals surface area (Å²) in [6.45, 7) is 9.81. The second-order valence-electron chi connectivity index (χ2n) is 5.51. The molecule has 2 aliphatic rings. The molecule has 1 atom stereocenters. The number of unbranched alkanes of at least 4 members (excludes halogenated alkanes) is 1. The van der Waals surface area contributed by atoms with Crippen molar-refractivity contribution in [2.45, 2.75) is 51.6 Å². The summed E-state index contributed by atoms with van der Waals surface area (Å²) in [4.78, 5) is 5.47. The lowest BCUT2D eigenvalue weighted by atomic mass is 10.1. The second kappa shape index (κ2) is 7.34. The van der Waals surface area contributed by atoms with E-state index in [1.807, 2.05) is 0 Å². The predicted molar refractivity (Wildman–Crippen MR) is 73.2 cm³/mol. The molecule has 0 bridgehead atoms. The lowest BCUT2D eigenvalue weighted by Crippen LogP contribution is -2.56. The highest BCUT2D eigenvalue weighted by molar-refractivity contribution is 4.79. The average Bonchev–Trinajstić information content (AvgIpc) is 2.42. The molecular formula is C14H29N3. The zero-order valence-electron chi connectivity index (χ0n) is 11.5. The van der Waals surface area contributed by atoms with Gasteiger partial charge in [-0.1, -0.05) is 26.2 Å². The fourth-order valence-corrected chi connectivity index (χ4v) is 3.18. The van der Waals surface area contributed by atoms with Gasteiger partial charge in [0.05, 0.1) is 6.17 Å². The zero-order chi connectivity index (χ0) is 11.9. The largest absolute Gasteiger partial charge is 0.314 e. The summed E-state index contributed by atoms with van der Waals surface area (Å²) in [7, 11) is 0. The number of piperidine rings is 1. The Morgan fingerprint density at radius 3 is 2.24 bits per heavy atom. The molecule has 100 valence electrons. The Morgan fingerprint density at radius 1 is 0.941 bits per heavy atom. The molecule has 0 amide bonds. The number of nitrogens with zero attached hydrogens (tertiary/aromatic N) is 2. The van der Waals surface area contributed by atoms with Gasteiger partial charge in [-0.05, 0) is 32.4 Å². The van der Waals surface area contributed by atoms with Crippen molar-refractivity contribution in [3.63, 3.8) is 0 Å². The van der Waals surface area contributed by atoms with E-state index in [0.717, 1.165) is 6.17 Å². The maximum atomic E-state index is 3.47. The van der Waals surface area contributed by atoms with E-state index in [0.29, 0.717) is 0 Å². The first kappa shape index (κ1) is 13.3. The Morgan fingerprint density at radius 2 is 1.59 bits per heavy atom. The number of hydrogen-bond acceptors (Lipinski definition) is 3. The molecule has 3 heteroatoms. The van der Waals surface area contributed by atoms with Crippen LogP contribution in [0.25, 0.3) is 0 Å². The lowest BCUT2D eigenvalue weighted by Gasteiger charge is -2.43. The lowest BCUT2D eigenvalue weighted by molar-refractivity contribution is 0.0147. The van der Waals surface area contributed by atoms with Crippen LogP contribution in [0.3, 0.4) is 0 Å². The van der Waals surface area contributed by atoms with Gasteiger partial charge in [0.1, 0.15) is 0 Å². The summed E-state index contributed by atoms with van der Waals surface area (Å²) in [5.74, 6) is 0. The highest BCUT2D eigenvalue weighted by atomic mass is 15.4. The summed E-state index contributed by atoms with van der Waals surface area (Å²) in [6, 6.07) is 0. The molecular weight excluding hydrogens is 210 g/mol. The van der Waals surface area contributed by atoms with Gasteiger partial charge in [-0.2, -0.15) is 0 Å². The molecule has 0 aliphatic carbocycles. The van der Waals surface area contributed by atoms with Gasteiger partial charge in [0.15, 0.2) is 0 Å². The summed E-state index contributed by atoms with van der Waals surface area (Å²) < 4.78 is 0. The first-order valence-corrected chi connectivity index (χ1v) is 7.60. The van der Waals surface area contributed by atoms with Gasteiger partial charge >= 0.3 is 0 Å². The van der Waals surface area contributed by atoms with E-state index < -0.39 is 0 Å². The first-order valence-electron chi connectivity index (χ1n) is 7.60. The third kappa shape index (κ3) is 3.94. The van der Waals surface area contributed by atoms with Crippen LogP contribution in [0.4, 0.5) is 0 Å². The van der Waals surface area contributed by atoms with Gasteiger partial charge in [-0.25, -0.2) is 0 Å². The van der Waals surface area contributed by atoms with Gasteiger partial charge < -0.3 is 5.32 Å². The van der Waals surface area contributed by atoms with E-state index in [-0.39, 0.29) is 0 Å². The molecule has 1 unspecified atom stereocenters. The minimum Gasteiger partial charge on any atom is -0.314 e. The third-order valence-electron chi connectivity index (χ3n) is 4.20. The van der Waals surface area contributed by atoms with Crippen LogP contribution in [0.5, 0.6) is 0 Å². The van der Waals surface area contributed by atoms with Crippen LogP contribution in [-0.4, -0.2) is 55.2 Å². The number of nitrogens with one attached hydrogen (secondary N) is 1. The molecule has 0 saturated carbocycles. The van der Waals surface area contributed by atoms with E-state index in [4.69, 9.17) is 0 Å². The van der Waals surface area contributed by atoms with Crippen molar-refractivity contribution < 1.29 is 0 Å². The van der Waals surface area contributed by atoms with E-state index in [1.54, 1.807) is 0 Å². The molecule has 0 spiro atoms. The average molecular weight is 239 g/mol. The van der Waals surface area contributed by atoms with Crippen LogP contribution in [0.1, 0.15) is 45.4 Å². The van der Waals surface area contributed by atoms with Crippen molar-refractivity contribution in [1.82, 2.24) is 15.1 Å². The number of rotatable bonds is 5. The molecule has 0 aromatic carbocycles. The summed E-state index contributed by atoms with van der Waals surface area (Å²) in [5, 5.41) is 3.47. The molecule has 3 nitrogen and oxygen atoms in total. The smallest absolute Gasteiger partial charge is 0.0623 e. The van der Waals surface area contributed by atoms with Crippen LogP contribution in [0.2, 0.25) is 0 Å². The Kier molecular flexibility index (Phi) is 5.75. The molecule has 2 rings (SSSR count). The molecule has 2 heterocycles. The van der Waals surface area contributed by atoms with E-state index in [1.165, 1.54) is 77.8 Å². The van der Waals surface area contributed by atoms with Crippen LogP contribution in [0.15, 0.2) is 0 Å². The van der Waals surface area contributed by atoms with Crippen molar-refractivity contribution >= 4 is 0 Å². The quantitative estimate of drug-likeness (QED) is 0.790. The second-order valence-corrected chi connectivity index (χ2v) is 5.51. The van der Waals surface area contributed by atoms with Crippen LogP contribution < -0.4 is 5.32 Å². The van der Waals surface area contributed by atoms with E-state index in [2.05, 4.69) is 22.0 Å². The maximum absolute atomic E-state index is 3.47. The van der Waals surface area contributed by atoms with Crippen LogP contribution >= 0.6 is 0 Å². The first-order chi connectivity index (χ1) is 8.42.